The van der Waals surface area contributed by atoms with Crippen LogP contribution in [0.25, 0.3) is 0 Å². The van der Waals surface area contributed by atoms with Crippen molar-refractivity contribution in [2.24, 2.45) is 4.99 Å². The first-order valence-electron chi connectivity index (χ1n) is 5.96. The predicted octanol–water partition coefficient (Wildman–Crippen LogP) is 3.59. The predicted molar refractivity (Wildman–Crippen MR) is 70.3 cm³/mol. The second kappa shape index (κ2) is 4.28. The van der Waals surface area contributed by atoms with Crippen LogP contribution in [0, 0.1) is 0 Å². The van der Waals surface area contributed by atoms with E-state index in [1.807, 2.05) is 0 Å². The van der Waals surface area contributed by atoms with Gasteiger partial charge in [-0.3, -0.25) is 4.99 Å². The van der Waals surface area contributed by atoms with Crippen LogP contribution in [0.3, 0.4) is 0 Å². The molecule has 2 nitrogen and oxygen atoms in total. The van der Waals surface area contributed by atoms with Gasteiger partial charge >= 0.3 is 0 Å². The summed E-state index contributed by atoms with van der Waals surface area (Å²) in [4.78, 5) is 4.41. The summed E-state index contributed by atoms with van der Waals surface area (Å²) in [7, 11) is 0. The van der Waals surface area contributed by atoms with Gasteiger partial charge in [-0.05, 0) is 29.5 Å². The Morgan fingerprint density at radius 1 is 1.12 bits per heavy atom. The molecule has 1 aliphatic heterocycles. The largest absolute Gasteiger partial charge is 0.344 e. The maximum absolute atomic E-state index is 4.41. The zero-order chi connectivity index (χ0) is 11.6. The lowest BCUT2D eigenvalue weighted by atomic mass is 9.87. The molecule has 0 spiro atoms. The van der Waals surface area contributed by atoms with E-state index in [0.717, 1.165) is 24.5 Å². The highest BCUT2D eigenvalue weighted by Crippen LogP contribution is 2.23. The Kier molecular flexibility index (Phi) is 2.99. The van der Waals surface area contributed by atoms with Crippen molar-refractivity contribution in [2.75, 3.05) is 11.9 Å². The number of hydrogen-bond acceptors (Lipinski definition) is 2. The lowest BCUT2D eigenvalue weighted by Gasteiger charge is -2.19. The summed E-state index contributed by atoms with van der Waals surface area (Å²) in [5, 5.41) is 3.37. The lowest BCUT2D eigenvalue weighted by Crippen LogP contribution is -2.12. The van der Waals surface area contributed by atoms with Crippen LogP contribution in [0.4, 0.5) is 5.69 Å². The van der Waals surface area contributed by atoms with Crippen LogP contribution in [0.1, 0.15) is 39.2 Å². The van der Waals surface area contributed by atoms with E-state index in [1.54, 1.807) is 0 Å². The molecule has 0 radical (unpaired) electrons. The molecule has 0 aliphatic carbocycles. The minimum atomic E-state index is 0.226. The van der Waals surface area contributed by atoms with E-state index in [4.69, 9.17) is 0 Å². The monoisotopic (exact) mass is 216 g/mol. The van der Waals surface area contributed by atoms with E-state index in [9.17, 15) is 0 Å². The Morgan fingerprint density at radius 2 is 1.81 bits per heavy atom. The summed E-state index contributed by atoms with van der Waals surface area (Å²) in [6.07, 6.45) is 2.27. The molecule has 0 fully saturated rings. The SMILES string of the molecule is CC(C)(C)c1ccc(NC2=NCCC2)cc1. The highest BCUT2D eigenvalue weighted by molar-refractivity contribution is 5.96. The summed E-state index contributed by atoms with van der Waals surface area (Å²) in [5.41, 5.74) is 2.74. The fourth-order valence-corrected chi connectivity index (χ4v) is 1.86. The molecule has 0 unspecified atom stereocenters. The molecule has 1 aromatic rings. The third-order valence-corrected chi connectivity index (χ3v) is 2.91. The zero-order valence-corrected chi connectivity index (χ0v) is 10.4. The summed E-state index contributed by atoms with van der Waals surface area (Å²) >= 11 is 0. The molecule has 0 bridgehead atoms. The van der Waals surface area contributed by atoms with Crippen molar-refractivity contribution in [1.29, 1.82) is 0 Å². The number of nitrogens with zero attached hydrogens (tertiary/aromatic N) is 1. The molecule has 0 atom stereocenters. The van der Waals surface area contributed by atoms with Gasteiger partial charge in [0.05, 0.1) is 0 Å². The fraction of sp³-hybridized carbons (Fsp3) is 0.500. The van der Waals surface area contributed by atoms with Crippen molar-refractivity contribution in [3.63, 3.8) is 0 Å². The third-order valence-electron chi connectivity index (χ3n) is 2.91. The quantitative estimate of drug-likeness (QED) is 0.762. The molecule has 0 amide bonds. The van der Waals surface area contributed by atoms with Crippen LogP contribution in [0.2, 0.25) is 0 Å². The Hall–Kier alpha value is -1.31. The van der Waals surface area contributed by atoms with Gasteiger partial charge < -0.3 is 5.32 Å². The molecule has 1 aromatic carbocycles. The van der Waals surface area contributed by atoms with Crippen molar-refractivity contribution in [3.05, 3.63) is 29.8 Å². The molecule has 1 heterocycles. The van der Waals surface area contributed by atoms with Gasteiger partial charge in [0.2, 0.25) is 0 Å². The first-order chi connectivity index (χ1) is 7.55. The molecule has 1 aliphatic rings. The van der Waals surface area contributed by atoms with Crippen LogP contribution < -0.4 is 5.32 Å². The minimum Gasteiger partial charge on any atom is -0.344 e. The van der Waals surface area contributed by atoms with E-state index in [0.29, 0.717) is 0 Å². The van der Waals surface area contributed by atoms with Crippen molar-refractivity contribution < 1.29 is 0 Å². The maximum atomic E-state index is 4.41. The van der Waals surface area contributed by atoms with E-state index in [-0.39, 0.29) is 5.41 Å². The van der Waals surface area contributed by atoms with Gasteiger partial charge in [0.25, 0.3) is 0 Å². The Morgan fingerprint density at radius 3 is 2.31 bits per heavy atom. The Labute approximate surface area is 97.8 Å². The molecule has 0 saturated heterocycles. The van der Waals surface area contributed by atoms with E-state index in [1.165, 1.54) is 12.0 Å². The van der Waals surface area contributed by atoms with Crippen LogP contribution >= 0.6 is 0 Å². The second-order valence-electron chi connectivity index (χ2n) is 5.38. The first-order valence-corrected chi connectivity index (χ1v) is 5.96. The normalized spacial score (nSPS) is 16.1. The summed E-state index contributed by atoms with van der Waals surface area (Å²) in [6.45, 7) is 7.67. The Balaban J connectivity index is 2.07. The molecule has 0 saturated carbocycles. The number of benzene rings is 1. The van der Waals surface area contributed by atoms with Gasteiger partial charge in [-0.2, -0.15) is 0 Å². The molecular formula is C14H20N2. The second-order valence-corrected chi connectivity index (χ2v) is 5.38. The highest BCUT2D eigenvalue weighted by atomic mass is 15.0. The molecule has 1 N–H and O–H groups in total. The van der Waals surface area contributed by atoms with Gasteiger partial charge in [0, 0.05) is 18.7 Å². The van der Waals surface area contributed by atoms with Gasteiger partial charge in [0.15, 0.2) is 0 Å². The fourth-order valence-electron chi connectivity index (χ4n) is 1.86. The van der Waals surface area contributed by atoms with Crippen molar-refractivity contribution >= 4 is 11.5 Å². The summed E-state index contributed by atoms with van der Waals surface area (Å²) in [5.74, 6) is 1.13. The average Bonchev–Trinajstić information content (AvgIpc) is 2.70. The number of anilines is 1. The topological polar surface area (TPSA) is 24.4 Å². The molecule has 2 heteroatoms. The highest BCUT2D eigenvalue weighted by Gasteiger charge is 2.13. The third kappa shape index (κ3) is 2.63. The molecule has 16 heavy (non-hydrogen) atoms. The standard InChI is InChI=1S/C14H20N2/c1-14(2,3)11-6-8-12(9-7-11)16-13-5-4-10-15-13/h6-9H,4-5,10H2,1-3H3,(H,15,16). The number of aliphatic imine (C=N–C) groups is 1. The van der Waals surface area contributed by atoms with Crippen LogP contribution in [-0.2, 0) is 5.41 Å². The van der Waals surface area contributed by atoms with Gasteiger partial charge in [-0.1, -0.05) is 32.9 Å². The molecule has 0 aromatic heterocycles. The van der Waals surface area contributed by atoms with Gasteiger partial charge in [-0.25, -0.2) is 0 Å². The maximum Gasteiger partial charge on any atom is 0.101 e. The molecular weight excluding hydrogens is 196 g/mol. The summed E-state index contributed by atoms with van der Waals surface area (Å²) in [6, 6.07) is 8.67. The lowest BCUT2D eigenvalue weighted by molar-refractivity contribution is 0.590. The van der Waals surface area contributed by atoms with E-state index < -0.39 is 0 Å². The van der Waals surface area contributed by atoms with Crippen LogP contribution in [-0.4, -0.2) is 12.4 Å². The molecule has 2 rings (SSSR count). The number of nitrogens with one attached hydrogen (secondary N) is 1. The van der Waals surface area contributed by atoms with E-state index >= 15 is 0 Å². The number of rotatable bonds is 1. The van der Waals surface area contributed by atoms with Crippen LogP contribution in [0.15, 0.2) is 29.3 Å². The zero-order valence-electron chi connectivity index (χ0n) is 10.4. The van der Waals surface area contributed by atoms with Gasteiger partial charge in [-0.15, -0.1) is 0 Å². The molecule has 86 valence electrons. The summed E-state index contributed by atoms with van der Waals surface area (Å²) < 4.78 is 0. The van der Waals surface area contributed by atoms with Crippen molar-refractivity contribution in [3.8, 4) is 0 Å². The number of amidine groups is 1. The van der Waals surface area contributed by atoms with E-state index in [2.05, 4.69) is 55.3 Å². The minimum absolute atomic E-state index is 0.226. The average molecular weight is 216 g/mol. The Bertz CT molecular complexity index is 382. The van der Waals surface area contributed by atoms with Crippen LogP contribution in [0.5, 0.6) is 0 Å². The van der Waals surface area contributed by atoms with Gasteiger partial charge in [0.1, 0.15) is 5.84 Å². The van der Waals surface area contributed by atoms with Crippen molar-refractivity contribution in [1.82, 2.24) is 0 Å². The first kappa shape index (κ1) is 11.2. The van der Waals surface area contributed by atoms with Crippen molar-refractivity contribution in [2.45, 2.75) is 39.0 Å². The smallest absolute Gasteiger partial charge is 0.101 e. The number of hydrogen-bond donors (Lipinski definition) is 1.